The van der Waals surface area contributed by atoms with Gasteiger partial charge in [-0.15, -0.1) is 0 Å². The molecule has 3 nitrogen and oxygen atoms in total. The van der Waals surface area contributed by atoms with Crippen LogP contribution in [0.15, 0.2) is 36.5 Å². The number of nitriles is 1. The normalized spacial score (nSPS) is 9.60. The summed E-state index contributed by atoms with van der Waals surface area (Å²) < 4.78 is 0. The number of nitrogens with zero attached hydrogens (tertiary/aromatic N) is 1. The summed E-state index contributed by atoms with van der Waals surface area (Å²) in [6.07, 6.45) is 1.94. The van der Waals surface area contributed by atoms with Crippen molar-refractivity contribution in [3.05, 3.63) is 42.1 Å². The van der Waals surface area contributed by atoms with E-state index in [-0.39, 0.29) is 0 Å². The van der Waals surface area contributed by atoms with Crippen LogP contribution in [0, 0.1) is 11.3 Å². The number of anilines is 1. The monoisotopic (exact) mass is 197 g/mol. The van der Waals surface area contributed by atoms with Crippen molar-refractivity contribution < 1.29 is 0 Å². The first-order valence-corrected chi connectivity index (χ1v) is 4.70. The van der Waals surface area contributed by atoms with Crippen molar-refractivity contribution in [3.63, 3.8) is 0 Å². The number of hydrogen-bond acceptors (Lipinski definition) is 2. The van der Waals surface area contributed by atoms with Gasteiger partial charge in [0.2, 0.25) is 0 Å². The summed E-state index contributed by atoms with van der Waals surface area (Å²) in [6.45, 7) is 0. The average Bonchev–Trinajstić information content (AvgIpc) is 2.78. The van der Waals surface area contributed by atoms with Crippen molar-refractivity contribution >= 4 is 5.82 Å². The molecule has 1 aromatic heterocycles. The van der Waals surface area contributed by atoms with Crippen LogP contribution < -0.4 is 5.32 Å². The second-order valence-electron chi connectivity index (χ2n) is 3.24. The van der Waals surface area contributed by atoms with Crippen LogP contribution in [0.1, 0.15) is 5.56 Å². The smallest absolute Gasteiger partial charge is 0.103 e. The molecular weight excluding hydrogens is 186 g/mol. The molecule has 0 atom stereocenters. The Bertz CT molecular complexity index is 488. The molecule has 0 unspecified atom stereocenters. The van der Waals surface area contributed by atoms with E-state index in [4.69, 9.17) is 5.26 Å². The van der Waals surface area contributed by atoms with Crippen molar-refractivity contribution in [3.8, 4) is 17.2 Å². The molecule has 3 heteroatoms. The molecule has 0 aliphatic heterocycles. The summed E-state index contributed by atoms with van der Waals surface area (Å²) in [6, 6.07) is 11.7. The zero-order chi connectivity index (χ0) is 10.7. The molecule has 0 bridgehead atoms. The highest BCUT2D eigenvalue weighted by Crippen LogP contribution is 2.22. The van der Waals surface area contributed by atoms with Gasteiger partial charge in [0, 0.05) is 18.8 Å². The fourth-order valence-electron chi connectivity index (χ4n) is 1.44. The van der Waals surface area contributed by atoms with Gasteiger partial charge < -0.3 is 10.3 Å². The van der Waals surface area contributed by atoms with Crippen molar-refractivity contribution in [1.82, 2.24) is 4.98 Å². The van der Waals surface area contributed by atoms with Crippen LogP contribution in [0.2, 0.25) is 0 Å². The lowest BCUT2D eigenvalue weighted by molar-refractivity contribution is 1.35. The number of rotatable bonds is 2. The zero-order valence-corrected chi connectivity index (χ0v) is 8.41. The molecule has 2 rings (SSSR count). The third kappa shape index (κ3) is 1.84. The number of aromatic amines is 1. The highest BCUT2D eigenvalue weighted by molar-refractivity contribution is 5.67. The summed E-state index contributed by atoms with van der Waals surface area (Å²) in [5.41, 5.74) is 2.90. The summed E-state index contributed by atoms with van der Waals surface area (Å²) in [5, 5.41) is 11.7. The van der Waals surface area contributed by atoms with Gasteiger partial charge in [0.05, 0.1) is 11.6 Å². The van der Waals surface area contributed by atoms with Gasteiger partial charge in [0.25, 0.3) is 0 Å². The predicted octanol–water partition coefficient (Wildman–Crippen LogP) is 2.60. The number of aromatic nitrogens is 1. The number of nitrogens with one attached hydrogen (secondary N) is 2. The van der Waals surface area contributed by atoms with Crippen LogP contribution in [0.5, 0.6) is 0 Å². The maximum Gasteiger partial charge on any atom is 0.103 e. The first-order chi connectivity index (χ1) is 7.33. The Morgan fingerprint density at radius 1 is 1.20 bits per heavy atom. The maximum absolute atomic E-state index is 8.68. The third-order valence-corrected chi connectivity index (χ3v) is 2.30. The molecule has 0 amide bonds. The van der Waals surface area contributed by atoms with Gasteiger partial charge in [-0.2, -0.15) is 5.26 Å². The lowest BCUT2D eigenvalue weighted by Crippen LogP contribution is -1.85. The van der Waals surface area contributed by atoms with E-state index in [0.717, 1.165) is 16.9 Å². The van der Waals surface area contributed by atoms with E-state index in [2.05, 4.69) is 16.4 Å². The second-order valence-corrected chi connectivity index (χ2v) is 3.24. The quantitative estimate of drug-likeness (QED) is 0.777. The van der Waals surface area contributed by atoms with E-state index in [1.54, 1.807) is 0 Å². The highest BCUT2D eigenvalue weighted by Gasteiger charge is 2.00. The fourth-order valence-corrected chi connectivity index (χ4v) is 1.44. The molecule has 2 aromatic rings. The molecule has 0 radical (unpaired) electrons. The van der Waals surface area contributed by atoms with Crippen LogP contribution in [0.3, 0.4) is 0 Å². The van der Waals surface area contributed by atoms with E-state index >= 15 is 0 Å². The van der Waals surface area contributed by atoms with Gasteiger partial charge >= 0.3 is 0 Å². The first kappa shape index (κ1) is 9.35. The van der Waals surface area contributed by atoms with Crippen LogP contribution in [-0.2, 0) is 0 Å². The van der Waals surface area contributed by atoms with Crippen molar-refractivity contribution in [1.29, 1.82) is 5.26 Å². The molecule has 0 saturated carbocycles. The highest BCUT2D eigenvalue weighted by atomic mass is 15.0. The topological polar surface area (TPSA) is 51.6 Å². The lowest BCUT2D eigenvalue weighted by Gasteiger charge is -1.96. The summed E-state index contributed by atoms with van der Waals surface area (Å²) in [5.74, 6) is 0.981. The maximum atomic E-state index is 8.68. The van der Waals surface area contributed by atoms with Crippen LogP contribution in [0.25, 0.3) is 11.1 Å². The zero-order valence-electron chi connectivity index (χ0n) is 8.41. The van der Waals surface area contributed by atoms with Gasteiger partial charge in [-0.25, -0.2) is 0 Å². The molecule has 74 valence electrons. The molecule has 15 heavy (non-hydrogen) atoms. The lowest BCUT2D eigenvalue weighted by atomic mass is 10.1. The molecule has 1 aromatic carbocycles. The summed E-state index contributed by atoms with van der Waals surface area (Å²) in [7, 11) is 1.87. The summed E-state index contributed by atoms with van der Waals surface area (Å²) >= 11 is 0. The number of benzene rings is 1. The van der Waals surface area contributed by atoms with Crippen molar-refractivity contribution in [2.24, 2.45) is 0 Å². The molecule has 0 saturated heterocycles. The van der Waals surface area contributed by atoms with Crippen molar-refractivity contribution in [2.75, 3.05) is 12.4 Å². The Balaban J connectivity index is 2.33. The van der Waals surface area contributed by atoms with Gasteiger partial charge in [-0.05, 0) is 23.8 Å². The van der Waals surface area contributed by atoms with Crippen LogP contribution in [0.4, 0.5) is 5.82 Å². The van der Waals surface area contributed by atoms with E-state index in [1.165, 1.54) is 0 Å². The Morgan fingerprint density at radius 3 is 2.47 bits per heavy atom. The minimum atomic E-state index is 0.683. The largest absolute Gasteiger partial charge is 0.375 e. The van der Waals surface area contributed by atoms with Crippen LogP contribution >= 0.6 is 0 Å². The summed E-state index contributed by atoms with van der Waals surface area (Å²) in [4.78, 5) is 3.11. The number of H-pyrrole nitrogens is 1. The van der Waals surface area contributed by atoms with Crippen molar-refractivity contribution in [2.45, 2.75) is 0 Å². The van der Waals surface area contributed by atoms with E-state index in [0.29, 0.717) is 5.56 Å². The SMILES string of the molecule is CNc1cc(-c2ccc(C#N)cc2)c[nH]1. The van der Waals surface area contributed by atoms with Gasteiger partial charge in [-0.3, -0.25) is 0 Å². The first-order valence-electron chi connectivity index (χ1n) is 4.70. The number of hydrogen-bond donors (Lipinski definition) is 2. The predicted molar refractivity (Wildman–Crippen MR) is 60.5 cm³/mol. The second kappa shape index (κ2) is 3.89. The van der Waals surface area contributed by atoms with E-state index in [1.807, 2.05) is 43.6 Å². The molecule has 0 aliphatic carbocycles. The Hall–Kier alpha value is -2.21. The molecular formula is C12H11N3. The van der Waals surface area contributed by atoms with Gasteiger partial charge in [0.1, 0.15) is 5.82 Å². The van der Waals surface area contributed by atoms with E-state index < -0.39 is 0 Å². The standard InChI is InChI=1S/C12H11N3/c1-14-12-6-11(8-15-12)10-4-2-9(7-13)3-5-10/h2-6,8,14-15H,1H3. The molecule has 0 spiro atoms. The Labute approximate surface area is 88.4 Å². The minimum Gasteiger partial charge on any atom is -0.375 e. The molecule has 2 N–H and O–H groups in total. The molecule has 0 aliphatic rings. The third-order valence-electron chi connectivity index (χ3n) is 2.30. The molecule has 0 fully saturated rings. The van der Waals surface area contributed by atoms with Crippen LogP contribution in [-0.4, -0.2) is 12.0 Å². The Kier molecular flexibility index (Phi) is 2.42. The minimum absolute atomic E-state index is 0.683. The van der Waals surface area contributed by atoms with E-state index in [9.17, 15) is 0 Å². The molecule has 1 heterocycles. The van der Waals surface area contributed by atoms with Gasteiger partial charge in [-0.1, -0.05) is 12.1 Å². The Morgan fingerprint density at radius 2 is 1.93 bits per heavy atom. The fraction of sp³-hybridized carbons (Fsp3) is 0.0833. The average molecular weight is 197 g/mol. The van der Waals surface area contributed by atoms with Gasteiger partial charge in [0.15, 0.2) is 0 Å².